The maximum Gasteiger partial charge on any atom is 0.325 e. The highest BCUT2D eigenvalue weighted by atomic mass is 16.6. The fraction of sp³-hybridized carbons (Fsp3) is 0.400. The van der Waals surface area contributed by atoms with Gasteiger partial charge in [0.05, 0.1) is 20.3 Å². The second-order valence-corrected chi connectivity index (χ2v) is 3.93. The van der Waals surface area contributed by atoms with Crippen molar-refractivity contribution in [1.29, 1.82) is 0 Å². The molecule has 0 amide bonds. The highest BCUT2D eigenvalue weighted by Gasteiger charge is 2.27. The summed E-state index contributed by atoms with van der Waals surface area (Å²) in [5.74, 6) is -2.01. The first kappa shape index (κ1) is 16.7. The Balaban J connectivity index is 2.96. The summed E-state index contributed by atoms with van der Waals surface area (Å²) in [5, 5.41) is 0. The summed E-state index contributed by atoms with van der Waals surface area (Å²) in [6.07, 6.45) is 1.22. The van der Waals surface area contributed by atoms with Gasteiger partial charge in [0.1, 0.15) is 11.4 Å². The van der Waals surface area contributed by atoms with E-state index in [1.807, 2.05) is 0 Å². The van der Waals surface area contributed by atoms with E-state index in [9.17, 15) is 9.59 Å². The van der Waals surface area contributed by atoms with Gasteiger partial charge < -0.3 is 14.2 Å². The first-order chi connectivity index (χ1) is 10.1. The average molecular weight is 293 g/mol. The van der Waals surface area contributed by atoms with E-state index in [2.05, 4.69) is 4.99 Å². The van der Waals surface area contributed by atoms with Crippen molar-refractivity contribution < 1.29 is 23.8 Å². The lowest BCUT2D eigenvalue weighted by atomic mass is 10.1. The average Bonchev–Trinajstić information content (AvgIpc) is 2.48. The van der Waals surface area contributed by atoms with Crippen LogP contribution >= 0.6 is 0 Å². The summed E-state index contributed by atoms with van der Waals surface area (Å²) in [5.41, 5.74) is 0.513. The van der Waals surface area contributed by atoms with E-state index in [1.165, 1.54) is 13.3 Å². The number of rotatable bonds is 7. The lowest BCUT2D eigenvalue weighted by molar-refractivity contribution is -0.157. The fourth-order valence-corrected chi connectivity index (χ4v) is 1.57. The molecule has 0 aliphatic carbocycles. The fourth-order valence-electron chi connectivity index (χ4n) is 1.57. The van der Waals surface area contributed by atoms with Gasteiger partial charge in [-0.25, -0.2) is 0 Å². The predicted molar refractivity (Wildman–Crippen MR) is 77.9 cm³/mol. The molecule has 0 atom stereocenters. The molecule has 0 aliphatic heterocycles. The van der Waals surface area contributed by atoms with E-state index in [0.29, 0.717) is 11.4 Å². The van der Waals surface area contributed by atoms with Gasteiger partial charge >= 0.3 is 11.9 Å². The number of esters is 2. The largest absolute Gasteiger partial charge is 0.494 e. The summed E-state index contributed by atoms with van der Waals surface area (Å²) in [6, 6.07) is 7.02. The van der Waals surface area contributed by atoms with Crippen LogP contribution in [0.5, 0.6) is 5.75 Å². The number of hydrogen-bond acceptors (Lipinski definition) is 6. The van der Waals surface area contributed by atoms with Crippen molar-refractivity contribution in [3.8, 4) is 5.75 Å². The molecule has 21 heavy (non-hydrogen) atoms. The molecule has 0 saturated carbocycles. The van der Waals surface area contributed by atoms with Crippen LogP contribution in [-0.2, 0) is 19.1 Å². The van der Waals surface area contributed by atoms with E-state index in [4.69, 9.17) is 14.2 Å². The van der Waals surface area contributed by atoms with Crippen molar-refractivity contribution in [3.63, 3.8) is 0 Å². The van der Waals surface area contributed by atoms with Crippen LogP contribution in [0.3, 0.4) is 0 Å². The van der Waals surface area contributed by atoms with Gasteiger partial charge in [0.2, 0.25) is 0 Å². The Morgan fingerprint density at radius 2 is 1.71 bits per heavy atom. The molecule has 1 aromatic carbocycles. The molecule has 0 aliphatic rings. The molecule has 0 fully saturated rings. The zero-order valence-corrected chi connectivity index (χ0v) is 12.4. The standard InChI is InChI=1S/C15H19NO5/c1-4-20-14(17)11(15(18)21-5-2)10-16-12-8-6-7-9-13(12)19-3/h6-11H,4-5H2,1-3H3. The minimum absolute atomic E-state index is 0.178. The van der Waals surface area contributed by atoms with Gasteiger partial charge in [-0.1, -0.05) is 12.1 Å². The van der Waals surface area contributed by atoms with Gasteiger partial charge in [-0.15, -0.1) is 0 Å². The number of benzene rings is 1. The maximum atomic E-state index is 11.8. The molecule has 0 saturated heterocycles. The van der Waals surface area contributed by atoms with Crippen molar-refractivity contribution in [2.45, 2.75) is 13.8 Å². The topological polar surface area (TPSA) is 74.2 Å². The van der Waals surface area contributed by atoms with Crippen LogP contribution < -0.4 is 4.74 Å². The van der Waals surface area contributed by atoms with Crippen LogP contribution in [0.1, 0.15) is 13.8 Å². The number of carbonyl (C=O) groups is 2. The summed E-state index contributed by atoms with van der Waals surface area (Å²) in [7, 11) is 1.52. The van der Waals surface area contributed by atoms with E-state index >= 15 is 0 Å². The molecule has 0 spiro atoms. The Hall–Kier alpha value is -2.37. The third-order valence-electron chi connectivity index (χ3n) is 2.53. The summed E-state index contributed by atoms with van der Waals surface area (Å²) in [6.45, 7) is 3.68. The van der Waals surface area contributed by atoms with Gasteiger partial charge in [0, 0.05) is 6.21 Å². The summed E-state index contributed by atoms with van der Waals surface area (Å²) >= 11 is 0. The molecule has 114 valence electrons. The lowest BCUT2D eigenvalue weighted by Crippen LogP contribution is -2.29. The molecule has 0 bridgehead atoms. The molecule has 0 radical (unpaired) electrons. The van der Waals surface area contributed by atoms with Crippen LogP contribution in [0, 0.1) is 5.92 Å². The predicted octanol–water partition coefficient (Wildman–Crippen LogP) is 2.14. The van der Waals surface area contributed by atoms with Gasteiger partial charge in [-0.05, 0) is 26.0 Å². The van der Waals surface area contributed by atoms with Gasteiger partial charge in [-0.3, -0.25) is 14.6 Å². The second kappa shape index (κ2) is 8.73. The first-order valence-corrected chi connectivity index (χ1v) is 6.64. The molecular weight excluding hydrogens is 274 g/mol. The number of nitrogens with zero attached hydrogens (tertiary/aromatic N) is 1. The molecule has 1 aromatic rings. The van der Waals surface area contributed by atoms with Crippen LogP contribution in [0.2, 0.25) is 0 Å². The highest BCUT2D eigenvalue weighted by molar-refractivity contribution is 6.09. The van der Waals surface area contributed by atoms with E-state index < -0.39 is 17.9 Å². The second-order valence-electron chi connectivity index (χ2n) is 3.93. The smallest absolute Gasteiger partial charge is 0.325 e. The quantitative estimate of drug-likeness (QED) is 0.437. The molecule has 0 aromatic heterocycles. The van der Waals surface area contributed by atoms with Gasteiger partial charge in [0.15, 0.2) is 5.92 Å². The third kappa shape index (κ3) is 4.91. The molecule has 6 heteroatoms. The summed E-state index contributed by atoms with van der Waals surface area (Å²) < 4.78 is 14.9. The molecular formula is C15H19NO5. The Labute approximate surface area is 123 Å². The number of ether oxygens (including phenoxy) is 3. The van der Waals surface area contributed by atoms with E-state index in [0.717, 1.165) is 0 Å². The van der Waals surface area contributed by atoms with Crippen LogP contribution in [0.15, 0.2) is 29.3 Å². The van der Waals surface area contributed by atoms with E-state index in [1.54, 1.807) is 38.1 Å². The number of methoxy groups -OCH3 is 1. The molecule has 0 heterocycles. The van der Waals surface area contributed by atoms with Gasteiger partial charge in [0.25, 0.3) is 0 Å². The van der Waals surface area contributed by atoms with Crippen molar-refractivity contribution in [2.24, 2.45) is 10.9 Å². The molecule has 6 nitrogen and oxygen atoms in total. The number of aliphatic imine (C=N–C) groups is 1. The van der Waals surface area contributed by atoms with Crippen molar-refractivity contribution >= 4 is 23.8 Å². The van der Waals surface area contributed by atoms with Crippen molar-refractivity contribution in [2.75, 3.05) is 20.3 Å². The Kier molecular flexibility index (Phi) is 6.94. The van der Waals surface area contributed by atoms with Crippen LogP contribution in [-0.4, -0.2) is 38.5 Å². The number of carbonyl (C=O) groups excluding carboxylic acids is 2. The van der Waals surface area contributed by atoms with Crippen LogP contribution in [0.4, 0.5) is 5.69 Å². The summed E-state index contributed by atoms with van der Waals surface area (Å²) in [4.78, 5) is 27.7. The Morgan fingerprint density at radius 1 is 1.14 bits per heavy atom. The van der Waals surface area contributed by atoms with Gasteiger partial charge in [-0.2, -0.15) is 0 Å². The Morgan fingerprint density at radius 3 is 2.24 bits per heavy atom. The monoisotopic (exact) mass is 293 g/mol. The lowest BCUT2D eigenvalue weighted by Gasteiger charge is -2.10. The van der Waals surface area contributed by atoms with Crippen molar-refractivity contribution in [3.05, 3.63) is 24.3 Å². The number of hydrogen-bond donors (Lipinski definition) is 0. The van der Waals surface area contributed by atoms with Crippen molar-refractivity contribution in [1.82, 2.24) is 0 Å². The highest BCUT2D eigenvalue weighted by Crippen LogP contribution is 2.26. The molecule has 1 rings (SSSR count). The minimum atomic E-state index is -1.19. The van der Waals surface area contributed by atoms with Crippen LogP contribution in [0.25, 0.3) is 0 Å². The van der Waals surface area contributed by atoms with E-state index in [-0.39, 0.29) is 13.2 Å². The zero-order valence-electron chi connectivity index (χ0n) is 12.4. The Bertz CT molecular complexity index is 495. The first-order valence-electron chi connectivity index (χ1n) is 6.64. The normalized spacial score (nSPS) is 10.7. The third-order valence-corrected chi connectivity index (χ3v) is 2.53. The molecule has 0 unspecified atom stereocenters. The maximum absolute atomic E-state index is 11.8. The minimum Gasteiger partial charge on any atom is -0.494 e. The SMILES string of the molecule is CCOC(=O)C(C=Nc1ccccc1OC)C(=O)OCC. The number of para-hydroxylation sites is 2. The zero-order chi connectivity index (χ0) is 15.7. The molecule has 0 N–H and O–H groups in total.